The quantitative estimate of drug-likeness (QED) is 0.453. The zero-order chi connectivity index (χ0) is 17.2. The summed E-state index contributed by atoms with van der Waals surface area (Å²) in [5.74, 6) is 0.139. The molecule has 2 unspecified atom stereocenters. The molecule has 0 saturated carbocycles. The molecule has 0 bridgehead atoms. The first-order chi connectivity index (χ1) is 10.2. The van der Waals surface area contributed by atoms with E-state index < -0.39 is 11.2 Å². The van der Waals surface area contributed by atoms with Gasteiger partial charge in [0.2, 0.25) is 0 Å². The van der Waals surface area contributed by atoms with Crippen LogP contribution in [0.3, 0.4) is 0 Å². The molecule has 0 heterocycles. The summed E-state index contributed by atoms with van der Waals surface area (Å²) in [4.78, 5) is 26.2. The first-order valence-electron chi connectivity index (χ1n) is 7.51. The lowest BCUT2D eigenvalue weighted by Gasteiger charge is -2.16. The number of nitriles is 1. The predicted octanol–water partition coefficient (Wildman–Crippen LogP) is 3.87. The lowest BCUT2D eigenvalue weighted by atomic mass is 9.97. The van der Waals surface area contributed by atoms with Gasteiger partial charge in [0.1, 0.15) is 11.6 Å². The third-order valence-electron chi connectivity index (χ3n) is 3.52. The van der Waals surface area contributed by atoms with Crippen LogP contribution in [0.4, 0.5) is 0 Å². The number of Topliss-reactive ketones (excluding diaryl/α,β-unsaturated/α-hetero) is 2. The molecule has 0 N–H and O–H groups in total. The SMILES string of the molecule is [C-]#[N+]C(C)(CCC(=O)CC)/N=N/C(C)(C#N)CCC(=O)CC. The van der Waals surface area contributed by atoms with Crippen LogP contribution >= 0.6 is 0 Å². The number of carbonyl (C=O) groups excluding carboxylic acids is 2. The summed E-state index contributed by atoms with van der Waals surface area (Å²) in [6.45, 7) is 14.0. The Bertz CT molecular complexity index is 469. The van der Waals surface area contributed by atoms with Gasteiger partial charge in [-0.05, 0) is 13.3 Å². The summed E-state index contributed by atoms with van der Waals surface area (Å²) in [5, 5.41) is 17.3. The van der Waals surface area contributed by atoms with Crippen molar-refractivity contribution >= 4 is 11.6 Å². The number of hydrogen-bond acceptors (Lipinski definition) is 5. The highest BCUT2D eigenvalue weighted by atomic mass is 16.1. The van der Waals surface area contributed by atoms with Crippen LogP contribution in [0.2, 0.25) is 0 Å². The summed E-state index contributed by atoms with van der Waals surface area (Å²) in [6, 6.07) is 2.05. The average Bonchev–Trinajstić information content (AvgIpc) is 2.55. The fraction of sp³-hybridized carbons (Fsp3) is 0.750. The molecule has 0 aliphatic rings. The van der Waals surface area contributed by atoms with Crippen molar-refractivity contribution in [1.82, 2.24) is 0 Å². The van der Waals surface area contributed by atoms with E-state index in [1.165, 1.54) is 0 Å². The number of ketones is 2. The lowest BCUT2D eigenvalue weighted by molar-refractivity contribution is -0.119. The van der Waals surface area contributed by atoms with Crippen molar-refractivity contribution in [1.29, 1.82) is 5.26 Å². The molecule has 0 aromatic rings. The molecule has 6 heteroatoms. The fourth-order valence-corrected chi connectivity index (χ4v) is 1.59. The highest BCUT2D eigenvalue weighted by Gasteiger charge is 2.33. The summed E-state index contributed by atoms with van der Waals surface area (Å²) in [7, 11) is 0. The highest BCUT2D eigenvalue weighted by molar-refractivity contribution is 5.78. The second-order valence-electron chi connectivity index (χ2n) is 5.70. The maximum atomic E-state index is 11.4. The van der Waals surface area contributed by atoms with Crippen molar-refractivity contribution in [2.24, 2.45) is 10.2 Å². The molecule has 0 fully saturated rings. The van der Waals surface area contributed by atoms with Crippen LogP contribution in [0.1, 0.15) is 66.2 Å². The third-order valence-corrected chi connectivity index (χ3v) is 3.52. The molecule has 120 valence electrons. The summed E-state index contributed by atoms with van der Waals surface area (Å²) >= 11 is 0. The number of nitrogens with zero attached hydrogens (tertiary/aromatic N) is 4. The van der Waals surface area contributed by atoms with Gasteiger partial charge in [0, 0.05) is 32.6 Å². The monoisotopic (exact) mass is 304 g/mol. The minimum atomic E-state index is -1.14. The first kappa shape index (κ1) is 19.9. The predicted molar refractivity (Wildman–Crippen MR) is 82.9 cm³/mol. The van der Waals surface area contributed by atoms with Gasteiger partial charge in [0.25, 0.3) is 0 Å². The Morgan fingerprint density at radius 2 is 1.59 bits per heavy atom. The minimum absolute atomic E-state index is 0.0677. The van der Waals surface area contributed by atoms with Crippen LogP contribution < -0.4 is 0 Å². The number of carbonyl (C=O) groups is 2. The highest BCUT2D eigenvalue weighted by Crippen LogP contribution is 2.25. The van der Waals surface area contributed by atoms with E-state index in [4.69, 9.17) is 6.57 Å². The Kier molecular flexibility index (Phi) is 8.19. The lowest BCUT2D eigenvalue weighted by Crippen LogP contribution is -2.24. The van der Waals surface area contributed by atoms with E-state index in [0.29, 0.717) is 12.8 Å². The largest absolute Gasteiger partial charge is 0.338 e. The average molecular weight is 304 g/mol. The molecular weight excluding hydrogens is 280 g/mol. The van der Waals surface area contributed by atoms with Gasteiger partial charge in [-0.15, -0.1) is 5.11 Å². The zero-order valence-electron chi connectivity index (χ0n) is 13.8. The maximum absolute atomic E-state index is 11.4. The van der Waals surface area contributed by atoms with Crippen molar-refractivity contribution in [3.8, 4) is 6.07 Å². The van der Waals surface area contributed by atoms with Crippen molar-refractivity contribution in [3.05, 3.63) is 11.4 Å². The van der Waals surface area contributed by atoms with E-state index in [2.05, 4.69) is 15.1 Å². The Balaban J connectivity index is 4.91. The molecule has 0 aliphatic carbocycles. The van der Waals surface area contributed by atoms with Gasteiger partial charge in [-0.2, -0.15) is 10.4 Å². The van der Waals surface area contributed by atoms with E-state index in [-0.39, 0.29) is 37.2 Å². The van der Waals surface area contributed by atoms with Gasteiger partial charge in [0.05, 0.1) is 12.5 Å². The van der Waals surface area contributed by atoms with Crippen LogP contribution in [0.15, 0.2) is 10.2 Å². The van der Waals surface area contributed by atoms with E-state index in [9.17, 15) is 14.9 Å². The molecule has 0 rings (SSSR count). The van der Waals surface area contributed by atoms with Crippen LogP contribution in [0.5, 0.6) is 0 Å². The molecule has 0 aliphatic heterocycles. The second kappa shape index (κ2) is 9.04. The molecule has 2 atom stereocenters. The third kappa shape index (κ3) is 7.08. The molecule has 0 aromatic carbocycles. The molecule has 6 nitrogen and oxygen atoms in total. The Labute approximate surface area is 132 Å². The second-order valence-corrected chi connectivity index (χ2v) is 5.70. The van der Waals surface area contributed by atoms with Gasteiger partial charge in [0.15, 0.2) is 5.54 Å². The summed E-state index contributed by atoms with van der Waals surface area (Å²) in [5.41, 5.74) is -2.26. The summed E-state index contributed by atoms with van der Waals surface area (Å²) in [6.07, 6.45) is 1.95. The number of azo groups is 1. The van der Waals surface area contributed by atoms with Gasteiger partial charge < -0.3 is 0 Å². The molecule has 0 aromatic heterocycles. The van der Waals surface area contributed by atoms with Crippen molar-refractivity contribution in [2.75, 3.05) is 0 Å². The summed E-state index contributed by atoms with van der Waals surface area (Å²) < 4.78 is 0. The van der Waals surface area contributed by atoms with Crippen LogP contribution in [-0.4, -0.2) is 22.8 Å². The normalized spacial score (nSPS) is 16.3. The van der Waals surface area contributed by atoms with E-state index in [1.54, 1.807) is 27.7 Å². The van der Waals surface area contributed by atoms with Crippen molar-refractivity contribution < 1.29 is 9.59 Å². The number of hydrogen-bond donors (Lipinski definition) is 0. The molecular formula is C16H24N4O2. The molecule has 0 amide bonds. The van der Waals surface area contributed by atoms with Crippen molar-refractivity contribution in [3.63, 3.8) is 0 Å². The molecule has 0 saturated heterocycles. The number of rotatable bonds is 10. The zero-order valence-corrected chi connectivity index (χ0v) is 13.8. The van der Waals surface area contributed by atoms with Gasteiger partial charge in [-0.1, -0.05) is 13.8 Å². The molecule has 0 radical (unpaired) electrons. The van der Waals surface area contributed by atoms with E-state index >= 15 is 0 Å². The van der Waals surface area contributed by atoms with E-state index in [1.807, 2.05) is 6.07 Å². The Morgan fingerprint density at radius 1 is 1.09 bits per heavy atom. The first-order valence-corrected chi connectivity index (χ1v) is 7.51. The van der Waals surface area contributed by atoms with Gasteiger partial charge in [-0.3, -0.25) is 14.4 Å². The Hall–Kier alpha value is -2.08. The van der Waals surface area contributed by atoms with Crippen LogP contribution in [0, 0.1) is 17.9 Å². The Morgan fingerprint density at radius 3 is 2.00 bits per heavy atom. The minimum Gasteiger partial charge on any atom is -0.300 e. The topological polar surface area (TPSA) is 87.0 Å². The fourth-order valence-electron chi connectivity index (χ4n) is 1.59. The van der Waals surface area contributed by atoms with Crippen LogP contribution in [-0.2, 0) is 9.59 Å². The molecule has 22 heavy (non-hydrogen) atoms. The standard InChI is InChI=1S/C16H24N4O2/c1-6-13(21)8-10-15(3,12-17)19-20-16(4,18-5)11-9-14(22)7-2/h6-11H2,1-4H3/b20-19+. The van der Waals surface area contributed by atoms with Crippen molar-refractivity contribution in [2.45, 2.75) is 77.4 Å². The maximum Gasteiger partial charge on any atom is 0.338 e. The van der Waals surface area contributed by atoms with Crippen LogP contribution in [0.25, 0.3) is 4.85 Å². The van der Waals surface area contributed by atoms with Gasteiger partial charge in [-0.25, -0.2) is 6.57 Å². The smallest absolute Gasteiger partial charge is 0.300 e. The van der Waals surface area contributed by atoms with E-state index in [0.717, 1.165) is 0 Å². The van der Waals surface area contributed by atoms with Gasteiger partial charge >= 0.3 is 5.66 Å². The molecule has 0 spiro atoms.